The van der Waals surface area contributed by atoms with Crippen LogP contribution in [0.3, 0.4) is 0 Å². The maximum Gasteiger partial charge on any atom is 0.0518 e. The number of hydrogen-bond donors (Lipinski definition) is 0. The van der Waals surface area contributed by atoms with Crippen molar-refractivity contribution in [3.8, 4) is 11.1 Å². The van der Waals surface area contributed by atoms with Crippen LogP contribution in [0, 0.1) is 6.92 Å². The predicted octanol–water partition coefficient (Wildman–Crippen LogP) is 10.3. The van der Waals surface area contributed by atoms with Gasteiger partial charge in [-0.15, -0.1) is 0 Å². The van der Waals surface area contributed by atoms with E-state index in [9.17, 15) is 0 Å². The lowest BCUT2D eigenvalue weighted by molar-refractivity contribution is 0.195. The molecule has 0 spiro atoms. The van der Waals surface area contributed by atoms with Crippen molar-refractivity contribution in [1.29, 1.82) is 0 Å². The highest BCUT2D eigenvalue weighted by Crippen LogP contribution is 2.62. The summed E-state index contributed by atoms with van der Waals surface area (Å²) in [5.41, 5.74) is 8.55. The maximum atomic E-state index is 2.70. The summed E-state index contributed by atoms with van der Waals surface area (Å²) in [6, 6.07) is 36.7. The molecule has 1 aliphatic carbocycles. The molecule has 8 rings (SSSR count). The van der Waals surface area contributed by atoms with E-state index in [0.29, 0.717) is 0 Å². The zero-order valence-electron chi connectivity index (χ0n) is 22.5. The van der Waals surface area contributed by atoms with Gasteiger partial charge < -0.3 is 4.90 Å². The molecule has 6 aromatic carbocycles. The number of hydrogen-bond acceptors (Lipinski definition) is 1. The fraction of sp³-hybridized carbons (Fsp3) is 0.243. The number of rotatable bonds is 2. The topological polar surface area (TPSA) is 3.24 Å². The third kappa shape index (κ3) is 2.72. The second kappa shape index (κ2) is 7.60. The van der Waals surface area contributed by atoms with Crippen LogP contribution in [0.25, 0.3) is 43.4 Å². The first-order chi connectivity index (χ1) is 18.5. The van der Waals surface area contributed by atoms with Gasteiger partial charge in [-0.1, -0.05) is 92.6 Å². The smallest absolute Gasteiger partial charge is 0.0518 e. The SMILES string of the molecule is Cc1cc(-c2ccc3ccc4cccc5ccc2c3c45)cc2c1N(c1ccccc1)C1(C)CCCCC21C. The van der Waals surface area contributed by atoms with Crippen LogP contribution in [0.4, 0.5) is 11.4 Å². The molecule has 186 valence electrons. The molecular formula is C37H33N. The summed E-state index contributed by atoms with van der Waals surface area (Å²) >= 11 is 0. The van der Waals surface area contributed by atoms with Gasteiger partial charge >= 0.3 is 0 Å². The van der Waals surface area contributed by atoms with Crippen LogP contribution in [0.1, 0.15) is 50.7 Å². The van der Waals surface area contributed by atoms with E-state index >= 15 is 0 Å². The highest BCUT2D eigenvalue weighted by Gasteiger charge is 2.58. The van der Waals surface area contributed by atoms with Gasteiger partial charge in [0.25, 0.3) is 0 Å². The first-order valence-corrected chi connectivity index (χ1v) is 14.2. The minimum atomic E-state index is 0.0704. The Kier molecular flexibility index (Phi) is 4.44. The number of aryl methyl sites for hydroxylation is 1. The van der Waals surface area contributed by atoms with Gasteiger partial charge in [0, 0.05) is 16.8 Å². The van der Waals surface area contributed by atoms with Gasteiger partial charge in [-0.05, 0) is 106 Å². The van der Waals surface area contributed by atoms with Crippen molar-refractivity contribution >= 4 is 43.7 Å². The molecule has 1 nitrogen and oxygen atoms in total. The van der Waals surface area contributed by atoms with Gasteiger partial charge in [0.15, 0.2) is 0 Å². The van der Waals surface area contributed by atoms with E-state index in [1.807, 2.05) is 0 Å². The minimum Gasteiger partial charge on any atom is -0.334 e. The lowest BCUT2D eigenvalue weighted by Crippen LogP contribution is -2.54. The van der Waals surface area contributed by atoms with Crippen LogP contribution in [0.2, 0.25) is 0 Å². The lowest BCUT2D eigenvalue weighted by atomic mass is 9.61. The van der Waals surface area contributed by atoms with Crippen LogP contribution in [-0.2, 0) is 5.41 Å². The van der Waals surface area contributed by atoms with Crippen molar-refractivity contribution < 1.29 is 0 Å². The van der Waals surface area contributed by atoms with Crippen molar-refractivity contribution in [1.82, 2.24) is 0 Å². The number of benzene rings is 6. The van der Waals surface area contributed by atoms with E-state index in [2.05, 4.69) is 123 Å². The normalized spacial score (nSPS) is 22.9. The molecule has 2 aliphatic rings. The van der Waals surface area contributed by atoms with Crippen LogP contribution >= 0.6 is 0 Å². The summed E-state index contributed by atoms with van der Waals surface area (Å²) in [5.74, 6) is 0. The van der Waals surface area contributed by atoms with E-state index in [1.165, 1.54) is 91.6 Å². The summed E-state index contributed by atoms with van der Waals surface area (Å²) in [4.78, 5) is 2.70. The molecule has 2 unspecified atom stereocenters. The first kappa shape index (κ1) is 22.2. The van der Waals surface area contributed by atoms with E-state index < -0.39 is 0 Å². The van der Waals surface area contributed by atoms with Gasteiger partial charge in [0.05, 0.1) is 5.54 Å². The van der Waals surface area contributed by atoms with Gasteiger partial charge in [-0.3, -0.25) is 0 Å². The predicted molar refractivity (Wildman–Crippen MR) is 163 cm³/mol. The van der Waals surface area contributed by atoms with Crippen molar-refractivity contribution in [3.63, 3.8) is 0 Å². The van der Waals surface area contributed by atoms with Gasteiger partial charge in [-0.2, -0.15) is 0 Å². The molecule has 0 radical (unpaired) electrons. The maximum absolute atomic E-state index is 2.70. The van der Waals surface area contributed by atoms with Crippen LogP contribution in [-0.4, -0.2) is 5.54 Å². The lowest BCUT2D eigenvalue weighted by Gasteiger charge is -2.50. The minimum absolute atomic E-state index is 0.0704. The monoisotopic (exact) mass is 491 g/mol. The van der Waals surface area contributed by atoms with Crippen LogP contribution < -0.4 is 4.90 Å². The highest BCUT2D eigenvalue weighted by molar-refractivity contribution is 6.25. The van der Waals surface area contributed by atoms with Crippen LogP contribution in [0.15, 0.2) is 97.1 Å². The van der Waals surface area contributed by atoms with Gasteiger partial charge in [-0.25, -0.2) is 0 Å². The Morgan fingerprint density at radius 2 is 1.34 bits per heavy atom. The van der Waals surface area contributed by atoms with Crippen molar-refractivity contribution in [2.75, 3.05) is 4.90 Å². The summed E-state index contributed by atoms with van der Waals surface area (Å²) in [6.07, 6.45) is 5.06. The molecule has 0 bridgehead atoms. The molecule has 0 amide bonds. The number of fused-ring (bicyclic) bond motifs is 3. The largest absolute Gasteiger partial charge is 0.334 e. The molecule has 2 atom stereocenters. The standard InChI is InChI=1S/C37H33N/c1-24-22-28(30-18-16-27-15-14-25-10-9-11-26-17-19-31(30)34(27)33(25)26)23-32-35(24)38(29-12-5-4-6-13-29)37(3)21-8-7-20-36(32,37)2/h4-6,9-19,22-23H,7-8,20-21H2,1-3H3. The Morgan fingerprint density at radius 1 is 0.658 bits per heavy atom. The number of nitrogens with zero attached hydrogens (tertiary/aromatic N) is 1. The van der Waals surface area contributed by atoms with Crippen LogP contribution in [0.5, 0.6) is 0 Å². The molecule has 38 heavy (non-hydrogen) atoms. The second-order valence-corrected chi connectivity index (χ2v) is 12.1. The summed E-state index contributed by atoms with van der Waals surface area (Å²) < 4.78 is 0. The number of anilines is 2. The summed E-state index contributed by atoms with van der Waals surface area (Å²) in [6.45, 7) is 7.40. The second-order valence-electron chi connectivity index (χ2n) is 12.1. The molecule has 1 heteroatoms. The first-order valence-electron chi connectivity index (χ1n) is 14.2. The third-order valence-electron chi connectivity index (χ3n) is 10.2. The molecule has 0 N–H and O–H groups in total. The average molecular weight is 492 g/mol. The fourth-order valence-corrected chi connectivity index (χ4v) is 8.15. The molecular weight excluding hydrogens is 458 g/mol. The zero-order valence-corrected chi connectivity index (χ0v) is 22.5. The Morgan fingerprint density at radius 3 is 2.13 bits per heavy atom. The Hall–Kier alpha value is -3.84. The average Bonchev–Trinajstić information content (AvgIpc) is 3.16. The van der Waals surface area contributed by atoms with E-state index in [0.717, 1.165) is 0 Å². The number of para-hydroxylation sites is 1. The fourth-order valence-electron chi connectivity index (χ4n) is 8.15. The van der Waals surface area contributed by atoms with E-state index in [4.69, 9.17) is 0 Å². The quantitative estimate of drug-likeness (QED) is 0.218. The molecule has 1 aliphatic heterocycles. The molecule has 1 fully saturated rings. The molecule has 6 aromatic rings. The van der Waals surface area contributed by atoms with Gasteiger partial charge in [0.1, 0.15) is 0 Å². The van der Waals surface area contributed by atoms with Crippen molar-refractivity contribution in [3.05, 3.63) is 108 Å². The Balaban J connectivity index is 1.41. The Labute approximate surface area is 225 Å². The summed E-state index contributed by atoms with van der Waals surface area (Å²) in [7, 11) is 0. The molecule has 0 aromatic heterocycles. The zero-order chi connectivity index (χ0) is 25.6. The van der Waals surface area contributed by atoms with Crippen molar-refractivity contribution in [2.45, 2.75) is 57.4 Å². The van der Waals surface area contributed by atoms with Gasteiger partial charge in [0.2, 0.25) is 0 Å². The van der Waals surface area contributed by atoms with E-state index in [-0.39, 0.29) is 11.0 Å². The summed E-state index contributed by atoms with van der Waals surface area (Å²) in [5, 5.41) is 8.13. The Bertz CT molecular complexity index is 1850. The van der Waals surface area contributed by atoms with E-state index in [1.54, 1.807) is 0 Å². The third-order valence-corrected chi connectivity index (χ3v) is 10.2. The highest BCUT2D eigenvalue weighted by atomic mass is 15.3. The molecule has 1 heterocycles. The molecule has 0 saturated heterocycles. The molecule has 1 saturated carbocycles. The van der Waals surface area contributed by atoms with Crippen molar-refractivity contribution in [2.24, 2.45) is 0 Å².